The van der Waals surface area contributed by atoms with Gasteiger partial charge in [0.1, 0.15) is 0 Å². The summed E-state index contributed by atoms with van der Waals surface area (Å²) >= 11 is 0. The fraction of sp³-hybridized carbons (Fsp3) is 0.136. The second-order valence-corrected chi connectivity index (χ2v) is 8.08. The van der Waals surface area contributed by atoms with E-state index in [2.05, 4.69) is 5.32 Å². The van der Waals surface area contributed by atoms with Crippen LogP contribution in [0.5, 0.6) is 0 Å². The number of benzene rings is 3. The molecule has 1 N–H and O–H groups in total. The summed E-state index contributed by atoms with van der Waals surface area (Å²) < 4.78 is 30.8. The molecule has 1 amide bonds. The lowest BCUT2D eigenvalue weighted by Gasteiger charge is -2.18. The molecule has 5 nitrogen and oxygen atoms in total. The molecule has 0 spiro atoms. The standard InChI is InChI=1S/C22H21NO4S/c1-16-8-12-19(13-9-16)23-22(24)21(18-6-4-3-5-7-18)27-28(25,26)20-14-10-17(2)11-15-20/h3-15,21H,1-2H3,(H,23,24)/t21-/m0/s1. The highest BCUT2D eigenvalue weighted by atomic mass is 32.2. The molecule has 0 aromatic heterocycles. The summed E-state index contributed by atoms with van der Waals surface area (Å²) in [6.45, 7) is 3.80. The van der Waals surface area contributed by atoms with Gasteiger partial charge in [0.2, 0.25) is 0 Å². The van der Waals surface area contributed by atoms with Gasteiger partial charge >= 0.3 is 0 Å². The van der Waals surface area contributed by atoms with E-state index >= 15 is 0 Å². The van der Waals surface area contributed by atoms with Crippen molar-refractivity contribution in [3.05, 3.63) is 95.6 Å². The number of nitrogens with one attached hydrogen (secondary N) is 1. The first kappa shape index (κ1) is 19.8. The molecule has 0 saturated carbocycles. The largest absolute Gasteiger partial charge is 0.323 e. The first-order chi connectivity index (χ1) is 13.3. The molecule has 0 unspecified atom stereocenters. The maximum atomic E-state index is 12.9. The molecule has 28 heavy (non-hydrogen) atoms. The molecule has 0 aliphatic rings. The SMILES string of the molecule is Cc1ccc(NC(=O)[C@@H](OS(=O)(=O)c2ccc(C)cc2)c2ccccc2)cc1. The molecule has 3 rings (SSSR count). The van der Waals surface area contributed by atoms with Crippen LogP contribution in [-0.4, -0.2) is 14.3 Å². The van der Waals surface area contributed by atoms with Crippen molar-refractivity contribution in [2.24, 2.45) is 0 Å². The molecular weight excluding hydrogens is 374 g/mol. The molecule has 0 radical (unpaired) electrons. The number of hydrogen-bond acceptors (Lipinski definition) is 4. The Hall–Kier alpha value is -2.96. The lowest BCUT2D eigenvalue weighted by molar-refractivity contribution is -0.122. The number of amides is 1. The third-order valence-corrected chi connectivity index (χ3v) is 5.49. The van der Waals surface area contributed by atoms with E-state index in [9.17, 15) is 13.2 Å². The van der Waals surface area contributed by atoms with Gasteiger partial charge in [0, 0.05) is 5.69 Å². The first-order valence-corrected chi connectivity index (χ1v) is 10.2. The molecule has 0 aliphatic heterocycles. The summed E-state index contributed by atoms with van der Waals surface area (Å²) in [6.07, 6.45) is -1.31. The molecule has 3 aromatic carbocycles. The number of anilines is 1. The van der Waals surface area contributed by atoms with Crippen molar-refractivity contribution < 1.29 is 17.4 Å². The quantitative estimate of drug-likeness (QED) is 0.629. The lowest BCUT2D eigenvalue weighted by Crippen LogP contribution is -2.26. The minimum absolute atomic E-state index is 0.00201. The van der Waals surface area contributed by atoms with Gasteiger partial charge in [-0.2, -0.15) is 8.42 Å². The monoisotopic (exact) mass is 395 g/mol. The maximum absolute atomic E-state index is 12.9. The zero-order valence-electron chi connectivity index (χ0n) is 15.6. The van der Waals surface area contributed by atoms with Crippen LogP contribution < -0.4 is 5.32 Å². The van der Waals surface area contributed by atoms with E-state index in [1.165, 1.54) is 12.1 Å². The summed E-state index contributed by atoms with van der Waals surface area (Å²) in [5.74, 6) is -0.564. The second-order valence-electron chi connectivity index (χ2n) is 6.51. The Morgan fingerprint density at radius 3 is 1.93 bits per heavy atom. The van der Waals surface area contributed by atoms with E-state index in [1.54, 1.807) is 54.6 Å². The second kappa shape index (κ2) is 8.37. The average molecular weight is 395 g/mol. The lowest BCUT2D eigenvalue weighted by atomic mass is 10.1. The number of aryl methyl sites for hydroxylation is 2. The molecule has 0 bridgehead atoms. The van der Waals surface area contributed by atoms with Crippen LogP contribution in [0.25, 0.3) is 0 Å². The summed E-state index contributed by atoms with van der Waals surface area (Å²) in [4.78, 5) is 12.9. The Bertz CT molecular complexity index is 1040. The molecular formula is C22H21NO4S. The number of carbonyl (C=O) groups is 1. The fourth-order valence-electron chi connectivity index (χ4n) is 2.61. The van der Waals surface area contributed by atoms with Crippen LogP contribution in [0.1, 0.15) is 22.8 Å². The van der Waals surface area contributed by atoms with Gasteiger partial charge in [-0.15, -0.1) is 0 Å². The zero-order chi connectivity index (χ0) is 20.1. The van der Waals surface area contributed by atoms with Crippen LogP contribution in [0.3, 0.4) is 0 Å². The van der Waals surface area contributed by atoms with Crippen molar-refractivity contribution in [2.45, 2.75) is 24.8 Å². The van der Waals surface area contributed by atoms with E-state index in [0.29, 0.717) is 11.3 Å². The highest BCUT2D eigenvalue weighted by Gasteiger charge is 2.29. The minimum atomic E-state index is -4.13. The van der Waals surface area contributed by atoms with Gasteiger partial charge in [0.25, 0.3) is 16.0 Å². The van der Waals surface area contributed by atoms with Crippen LogP contribution in [0.15, 0.2) is 83.8 Å². The third-order valence-electron chi connectivity index (χ3n) is 4.19. The van der Waals surface area contributed by atoms with Gasteiger partial charge in [0.05, 0.1) is 4.90 Å². The van der Waals surface area contributed by atoms with Crippen LogP contribution in [0, 0.1) is 13.8 Å². The Morgan fingerprint density at radius 1 is 0.821 bits per heavy atom. The Labute approximate surface area is 165 Å². The normalized spacial score (nSPS) is 12.4. The fourth-order valence-corrected chi connectivity index (χ4v) is 3.64. The smallest absolute Gasteiger partial charge is 0.298 e. The van der Waals surface area contributed by atoms with Gasteiger partial charge in [-0.3, -0.25) is 4.79 Å². The summed E-state index contributed by atoms with van der Waals surface area (Å²) in [6, 6.07) is 22.1. The summed E-state index contributed by atoms with van der Waals surface area (Å²) in [7, 11) is -4.13. The van der Waals surface area contributed by atoms with E-state index < -0.39 is 22.1 Å². The number of rotatable bonds is 6. The van der Waals surface area contributed by atoms with Gasteiger partial charge in [0.15, 0.2) is 6.10 Å². The predicted molar refractivity (Wildman–Crippen MR) is 108 cm³/mol. The molecule has 0 fully saturated rings. The Morgan fingerprint density at radius 2 is 1.36 bits per heavy atom. The molecule has 3 aromatic rings. The molecule has 0 aliphatic carbocycles. The van der Waals surface area contributed by atoms with Crippen molar-refractivity contribution in [1.29, 1.82) is 0 Å². The molecule has 0 heterocycles. The zero-order valence-corrected chi connectivity index (χ0v) is 16.4. The molecule has 6 heteroatoms. The maximum Gasteiger partial charge on any atom is 0.298 e. The van der Waals surface area contributed by atoms with Crippen molar-refractivity contribution in [3.8, 4) is 0 Å². The summed E-state index contributed by atoms with van der Waals surface area (Å²) in [5.41, 5.74) is 2.99. The van der Waals surface area contributed by atoms with E-state index in [1.807, 2.05) is 26.0 Å². The van der Waals surface area contributed by atoms with Crippen LogP contribution in [0.4, 0.5) is 5.69 Å². The Balaban J connectivity index is 1.90. The molecule has 1 atom stereocenters. The molecule has 144 valence electrons. The first-order valence-electron chi connectivity index (χ1n) is 8.77. The van der Waals surface area contributed by atoms with Crippen molar-refractivity contribution in [2.75, 3.05) is 5.32 Å². The highest BCUT2D eigenvalue weighted by molar-refractivity contribution is 7.86. The summed E-state index contributed by atoms with van der Waals surface area (Å²) in [5, 5.41) is 2.72. The topological polar surface area (TPSA) is 72.5 Å². The van der Waals surface area contributed by atoms with Crippen molar-refractivity contribution in [3.63, 3.8) is 0 Å². The van der Waals surface area contributed by atoms with Crippen molar-refractivity contribution >= 4 is 21.7 Å². The van der Waals surface area contributed by atoms with Gasteiger partial charge in [-0.1, -0.05) is 65.7 Å². The average Bonchev–Trinajstić information content (AvgIpc) is 2.69. The van der Waals surface area contributed by atoms with E-state index in [-0.39, 0.29) is 4.90 Å². The number of carbonyl (C=O) groups excluding carboxylic acids is 1. The van der Waals surface area contributed by atoms with E-state index in [4.69, 9.17) is 4.18 Å². The minimum Gasteiger partial charge on any atom is -0.323 e. The Kier molecular flexibility index (Phi) is 5.92. The van der Waals surface area contributed by atoms with Gasteiger partial charge in [-0.05, 0) is 43.7 Å². The van der Waals surface area contributed by atoms with Crippen LogP contribution >= 0.6 is 0 Å². The third kappa shape index (κ3) is 4.85. The van der Waals surface area contributed by atoms with E-state index in [0.717, 1.165) is 11.1 Å². The van der Waals surface area contributed by atoms with Crippen LogP contribution in [0.2, 0.25) is 0 Å². The van der Waals surface area contributed by atoms with Gasteiger partial charge in [-0.25, -0.2) is 4.18 Å². The predicted octanol–water partition coefficient (Wildman–Crippen LogP) is 4.39. The highest BCUT2D eigenvalue weighted by Crippen LogP contribution is 2.26. The van der Waals surface area contributed by atoms with Gasteiger partial charge < -0.3 is 5.32 Å². The van der Waals surface area contributed by atoms with Crippen LogP contribution in [-0.2, 0) is 19.1 Å². The molecule has 0 saturated heterocycles. The van der Waals surface area contributed by atoms with Crippen molar-refractivity contribution in [1.82, 2.24) is 0 Å². The number of hydrogen-bond donors (Lipinski definition) is 1.